The first-order valence-electron chi connectivity index (χ1n) is 11.2. The molecule has 30 heavy (non-hydrogen) atoms. The van der Waals surface area contributed by atoms with Crippen molar-refractivity contribution in [1.82, 2.24) is 20.0 Å². The van der Waals surface area contributed by atoms with Gasteiger partial charge in [0.05, 0.1) is 18.6 Å². The monoisotopic (exact) mass is 414 g/mol. The molecule has 1 N–H and O–H groups in total. The topological polar surface area (TPSA) is 65.1 Å². The Kier molecular flexibility index (Phi) is 7.02. The van der Waals surface area contributed by atoms with Gasteiger partial charge in [-0.3, -0.25) is 19.4 Å². The second-order valence-corrected chi connectivity index (χ2v) is 8.83. The maximum Gasteiger partial charge on any atom is 0.225 e. The van der Waals surface area contributed by atoms with Crippen molar-refractivity contribution in [3.8, 4) is 0 Å². The van der Waals surface area contributed by atoms with Gasteiger partial charge in [0.1, 0.15) is 0 Å². The van der Waals surface area contributed by atoms with Gasteiger partial charge in [-0.15, -0.1) is 0 Å². The van der Waals surface area contributed by atoms with Crippen LogP contribution >= 0.6 is 0 Å². The predicted octanol–water partition coefficient (Wildman–Crippen LogP) is 0.946. The largest absolute Gasteiger partial charge is 0.383 e. The molecule has 3 fully saturated rings. The normalized spacial score (nSPS) is 24.2. The van der Waals surface area contributed by atoms with Gasteiger partial charge in [-0.25, -0.2) is 0 Å². The zero-order valence-electron chi connectivity index (χ0n) is 18.0. The lowest BCUT2D eigenvalue weighted by Crippen LogP contribution is -2.63. The van der Waals surface area contributed by atoms with Crippen LogP contribution in [0.25, 0.3) is 0 Å². The molecule has 3 aliphatic rings. The number of nitrogens with one attached hydrogen (secondary N) is 1. The third-order valence-electron chi connectivity index (χ3n) is 6.79. The molecule has 1 aromatic rings. The molecule has 0 aliphatic carbocycles. The van der Waals surface area contributed by atoms with E-state index in [-0.39, 0.29) is 23.8 Å². The van der Waals surface area contributed by atoms with Crippen molar-refractivity contribution in [2.24, 2.45) is 5.92 Å². The van der Waals surface area contributed by atoms with Crippen molar-refractivity contribution in [1.29, 1.82) is 0 Å². The minimum Gasteiger partial charge on any atom is -0.383 e. The average molecular weight is 415 g/mol. The first kappa shape index (κ1) is 21.3. The van der Waals surface area contributed by atoms with Crippen LogP contribution in [0, 0.1) is 5.92 Å². The van der Waals surface area contributed by atoms with Crippen LogP contribution in [0.15, 0.2) is 30.3 Å². The Morgan fingerprint density at radius 3 is 2.53 bits per heavy atom. The summed E-state index contributed by atoms with van der Waals surface area (Å²) in [5, 5.41) is 2.87. The van der Waals surface area contributed by atoms with Crippen molar-refractivity contribution in [3.05, 3.63) is 35.9 Å². The van der Waals surface area contributed by atoms with Crippen LogP contribution in [-0.2, 0) is 20.9 Å². The summed E-state index contributed by atoms with van der Waals surface area (Å²) in [6, 6.07) is 11.6. The van der Waals surface area contributed by atoms with Crippen molar-refractivity contribution in [2.45, 2.75) is 37.9 Å². The SMILES string of the molecule is COCCNC(=O)C1CC(=O)N(C2CN(C3CCN(Cc4ccccc4)CC3)C2)C1. The number of ether oxygens (including phenoxy) is 1. The maximum absolute atomic E-state index is 12.4. The zero-order valence-corrected chi connectivity index (χ0v) is 18.0. The number of hydrogen-bond donors (Lipinski definition) is 1. The predicted molar refractivity (Wildman–Crippen MR) is 115 cm³/mol. The highest BCUT2D eigenvalue weighted by Crippen LogP contribution is 2.29. The Morgan fingerprint density at radius 2 is 1.83 bits per heavy atom. The van der Waals surface area contributed by atoms with Crippen LogP contribution in [0.1, 0.15) is 24.8 Å². The molecule has 0 saturated carbocycles. The molecule has 1 atom stereocenters. The quantitative estimate of drug-likeness (QED) is 0.642. The van der Waals surface area contributed by atoms with E-state index < -0.39 is 0 Å². The fourth-order valence-corrected chi connectivity index (χ4v) is 4.95. The van der Waals surface area contributed by atoms with E-state index in [0.717, 1.165) is 32.7 Å². The van der Waals surface area contributed by atoms with Gasteiger partial charge in [0.15, 0.2) is 0 Å². The number of carbonyl (C=O) groups is 2. The third-order valence-corrected chi connectivity index (χ3v) is 6.79. The molecule has 0 aromatic heterocycles. The number of hydrogen-bond acceptors (Lipinski definition) is 5. The summed E-state index contributed by atoms with van der Waals surface area (Å²) in [6.07, 6.45) is 2.73. The van der Waals surface area contributed by atoms with Crippen LogP contribution in [-0.4, -0.2) is 91.6 Å². The smallest absolute Gasteiger partial charge is 0.225 e. The maximum atomic E-state index is 12.4. The van der Waals surface area contributed by atoms with Gasteiger partial charge in [-0.2, -0.15) is 0 Å². The fourth-order valence-electron chi connectivity index (χ4n) is 4.95. The van der Waals surface area contributed by atoms with Gasteiger partial charge >= 0.3 is 0 Å². The number of methoxy groups -OCH3 is 1. The van der Waals surface area contributed by atoms with Crippen molar-refractivity contribution in [2.75, 3.05) is 53.0 Å². The molecular weight excluding hydrogens is 380 g/mol. The van der Waals surface area contributed by atoms with E-state index in [1.54, 1.807) is 7.11 Å². The molecule has 164 valence electrons. The number of nitrogens with zero attached hydrogens (tertiary/aromatic N) is 3. The first-order valence-corrected chi connectivity index (χ1v) is 11.2. The Balaban J connectivity index is 1.17. The number of carbonyl (C=O) groups excluding carboxylic acids is 2. The fraction of sp³-hybridized carbons (Fsp3) is 0.652. The van der Waals surface area contributed by atoms with E-state index in [9.17, 15) is 9.59 Å². The van der Waals surface area contributed by atoms with Crippen molar-refractivity contribution >= 4 is 11.8 Å². The van der Waals surface area contributed by atoms with Crippen molar-refractivity contribution < 1.29 is 14.3 Å². The minimum absolute atomic E-state index is 0.0233. The summed E-state index contributed by atoms with van der Waals surface area (Å²) < 4.78 is 4.97. The minimum atomic E-state index is -0.218. The van der Waals surface area contributed by atoms with E-state index in [2.05, 4.69) is 45.4 Å². The van der Waals surface area contributed by atoms with Gasteiger partial charge in [-0.05, 0) is 31.5 Å². The number of amides is 2. The summed E-state index contributed by atoms with van der Waals surface area (Å²) >= 11 is 0. The van der Waals surface area contributed by atoms with Gasteiger partial charge in [-0.1, -0.05) is 30.3 Å². The molecule has 0 spiro atoms. The van der Waals surface area contributed by atoms with Crippen LogP contribution < -0.4 is 5.32 Å². The van der Waals surface area contributed by atoms with E-state index in [0.29, 0.717) is 32.2 Å². The molecule has 3 heterocycles. The molecule has 3 aliphatic heterocycles. The average Bonchev–Trinajstić information content (AvgIpc) is 3.10. The Hall–Kier alpha value is -1.96. The van der Waals surface area contributed by atoms with Crippen molar-refractivity contribution in [3.63, 3.8) is 0 Å². The standard InChI is InChI=1S/C23H34N4O3/c1-30-12-9-24-23(29)19-13-22(28)27(15-19)21-16-26(17-21)20-7-10-25(11-8-20)14-18-5-3-2-4-6-18/h2-6,19-21H,7-17H2,1H3,(H,24,29). The van der Waals surface area contributed by atoms with Gasteiger partial charge in [0.2, 0.25) is 11.8 Å². The number of benzene rings is 1. The van der Waals surface area contributed by atoms with Gasteiger partial charge in [0, 0.05) is 52.3 Å². The van der Waals surface area contributed by atoms with Gasteiger partial charge < -0.3 is 15.0 Å². The third kappa shape index (κ3) is 5.02. The molecule has 7 heteroatoms. The van der Waals surface area contributed by atoms with E-state index >= 15 is 0 Å². The first-order chi connectivity index (χ1) is 14.6. The number of rotatable bonds is 8. The van der Waals surface area contributed by atoms with E-state index in [1.165, 1.54) is 18.4 Å². The summed E-state index contributed by atoms with van der Waals surface area (Å²) in [5.74, 6) is -0.112. The molecule has 0 bridgehead atoms. The molecule has 2 amide bonds. The highest BCUT2D eigenvalue weighted by Gasteiger charge is 2.43. The molecule has 1 unspecified atom stereocenters. The number of piperidine rings is 1. The highest BCUT2D eigenvalue weighted by atomic mass is 16.5. The number of likely N-dealkylation sites (tertiary alicyclic amines) is 3. The lowest BCUT2D eigenvalue weighted by molar-refractivity contribution is -0.134. The highest BCUT2D eigenvalue weighted by molar-refractivity contribution is 5.89. The van der Waals surface area contributed by atoms with Crippen LogP contribution in [0.3, 0.4) is 0 Å². The molecule has 4 rings (SSSR count). The van der Waals surface area contributed by atoms with E-state index in [1.807, 2.05) is 4.90 Å². The molecule has 7 nitrogen and oxygen atoms in total. The molecule has 3 saturated heterocycles. The van der Waals surface area contributed by atoms with Gasteiger partial charge in [0.25, 0.3) is 0 Å². The zero-order chi connectivity index (χ0) is 20.9. The second-order valence-electron chi connectivity index (χ2n) is 8.83. The van der Waals surface area contributed by atoms with Crippen LogP contribution in [0.5, 0.6) is 0 Å². The summed E-state index contributed by atoms with van der Waals surface area (Å²) in [4.78, 5) is 31.7. The second kappa shape index (κ2) is 9.90. The summed E-state index contributed by atoms with van der Waals surface area (Å²) in [5.41, 5.74) is 1.38. The Labute approximate surface area is 179 Å². The molecular formula is C23H34N4O3. The summed E-state index contributed by atoms with van der Waals surface area (Å²) in [7, 11) is 1.61. The van der Waals surface area contributed by atoms with Crippen LogP contribution in [0.4, 0.5) is 0 Å². The lowest BCUT2D eigenvalue weighted by Gasteiger charge is -2.49. The summed E-state index contributed by atoms with van der Waals surface area (Å²) in [6.45, 7) is 6.76. The molecule has 0 radical (unpaired) electrons. The van der Waals surface area contributed by atoms with E-state index in [4.69, 9.17) is 4.74 Å². The molecule has 1 aromatic carbocycles. The Bertz CT molecular complexity index is 714. The lowest BCUT2D eigenvalue weighted by atomic mass is 9.96. The van der Waals surface area contributed by atoms with Crippen LogP contribution in [0.2, 0.25) is 0 Å². The Morgan fingerprint density at radius 1 is 1.10 bits per heavy atom.